The van der Waals surface area contributed by atoms with Gasteiger partial charge in [-0.3, -0.25) is 10.1 Å². The summed E-state index contributed by atoms with van der Waals surface area (Å²) in [5.41, 5.74) is 0.660. The standard InChI is InChI=1S/C14H18N2O5/c1-9(14(17)20-2)21-13-6-5-12(16(18)19)7-10(13)8-15-11-3-4-11/h5-7,9,11,15H,3-4,8H2,1-2H3. The van der Waals surface area contributed by atoms with Crippen molar-refractivity contribution < 1.29 is 19.2 Å². The number of nitro benzene ring substituents is 1. The van der Waals surface area contributed by atoms with Gasteiger partial charge >= 0.3 is 5.97 Å². The molecule has 1 aromatic carbocycles. The fourth-order valence-electron chi connectivity index (χ4n) is 1.88. The minimum Gasteiger partial charge on any atom is -0.479 e. The number of carbonyl (C=O) groups is 1. The van der Waals surface area contributed by atoms with Crippen LogP contribution in [0.3, 0.4) is 0 Å². The molecule has 7 nitrogen and oxygen atoms in total. The predicted molar refractivity (Wildman–Crippen MR) is 75.1 cm³/mol. The van der Waals surface area contributed by atoms with Gasteiger partial charge in [-0.1, -0.05) is 0 Å². The summed E-state index contributed by atoms with van der Waals surface area (Å²) in [6.07, 6.45) is 1.46. The van der Waals surface area contributed by atoms with E-state index in [1.54, 1.807) is 6.92 Å². The quantitative estimate of drug-likeness (QED) is 0.468. The average Bonchev–Trinajstić information content (AvgIpc) is 3.29. The molecule has 7 heteroatoms. The topological polar surface area (TPSA) is 90.7 Å². The third-order valence-corrected chi connectivity index (χ3v) is 3.25. The minimum atomic E-state index is -0.767. The Labute approximate surface area is 122 Å². The van der Waals surface area contributed by atoms with Gasteiger partial charge in [0.15, 0.2) is 6.10 Å². The number of benzene rings is 1. The second-order valence-electron chi connectivity index (χ2n) is 4.99. The van der Waals surface area contributed by atoms with Crippen LogP contribution in [-0.4, -0.2) is 30.1 Å². The number of non-ortho nitro benzene ring substituents is 1. The van der Waals surface area contributed by atoms with E-state index in [2.05, 4.69) is 10.1 Å². The predicted octanol–water partition coefficient (Wildman–Crippen LogP) is 1.79. The third-order valence-electron chi connectivity index (χ3n) is 3.25. The van der Waals surface area contributed by atoms with E-state index in [0.717, 1.165) is 12.8 Å². The molecule has 0 bridgehead atoms. The SMILES string of the molecule is COC(=O)C(C)Oc1ccc([N+](=O)[O-])cc1CNC1CC1. The Morgan fingerprint density at radius 3 is 2.81 bits per heavy atom. The maximum Gasteiger partial charge on any atom is 0.346 e. The zero-order valence-corrected chi connectivity index (χ0v) is 12.0. The van der Waals surface area contributed by atoms with Crippen LogP contribution < -0.4 is 10.1 Å². The van der Waals surface area contributed by atoms with Gasteiger partial charge in [-0.15, -0.1) is 0 Å². The first-order valence-corrected chi connectivity index (χ1v) is 6.76. The molecule has 1 aliphatic rings. The highest BCUT2D eigenvalue weighted by atomic mass is 16.6. The van der Waals surface area contributed by atoms with Crippen LogP contribution in [-0.2, 0) is 16.1 Å². The van der Waals surface area contributed by atoms with Crippen molar-refractivity contribution in [1.29, 1.82) is 0 Å². The molecule has 1 saturated carbocycles. The Morgan fingerprint density at radius 2 is 2.24 bits per heavy atom. The Balaban J connectivity index is 2.16. The molecule has 0 saturated heterocycles. The summed E-state index contributed by atoms with van der Waals surface area (Å²) < 4.78 is 10.2. The van der Waals surface area contributed by atoms with Crippen LogP contribution in [0.2, 0.25) is 0 Å². The zero-order chi connectivity index (χ0) is 15.4. The molecule has 0 aromatic heterocycles. The van der Waals surface area contributed by atoms with Crippen molar-refractivity contribution in [3.8, 4) is 5.75 Å². The lowest BCUT2D eigenvalue weighted by atomic mass is 10.1. The fraction of sp³-hybridized carbons (Fsp3) is 0.500. The number of esters is 1. The summed E-state index contributed by atoms with van der Waals surface area (Å²) >= 11 is 0. The van der Waals surface area contributed by atoms with E-state index in [-0.39, 0.29) is 5.69 Å². The van der Waals surface area contributed by atoms with Gasteiger partial charge in [-0.05, 0) is 25.8 Å². The molecule has 1 unspecified atom stereocenters. The van der Waals surface area contributed by atoms with Crippen molar-refractivity contribution in [2.24, 2.45) is 0 Å². The van der Waals surface area contributed by atoms with Crippen LogP contribution in [0.25, 0.3) is 0 Å². The molecular formula is C14H18N2O5. The van der Waals surface area contributed by atoms with Gasteiger partial charge in [0.25, 0.3) is 5.69 Å². The van der Waals surface area contributed by atoms with Crippen molar-refractivity contribution in [3.63, 3.8) is 0 Å². The summed E-state index contributed by atoms with van der Waals surface area (Å²) in [6.45, 7) is 2.04. The highest BCUT2D eigenvalue weighted by Crippen LogP contribution is 2.27. The normalized spacial score (nSPS) is 15.3. The largest absolute Gasteiger partial charge is 0.479 e. The van der Waals surface area contributed by atoms with Crippen molar-refractivity contribution in [1.82, 2.24) is 5.32 Å². The Kier molecular flexibility index (Phi) is 4.74. The Hall–Kier alpha value is -2.15. The number of nitrogens with one attached hydrogen (secondary N) is 1. The molecule has 1 aliphatic carbocycles. The number of hydrogen-bond donors (Lipinski definition) is 1. The fourth-order valence-corrected chi connectivity index (χ4v) is 1.88. The van der Waals surface area contributed by atoms with E-state index in [9.17, 15) is 14.9 Å². The summed E-state index contributed by atoms with van der Waals surface area (Å²) in [6, 6.07) is 4.81. The summed E-state index contributed by atoms with van der Waals surface area (Å²) in [4.78, 5) is 21.8. The van der Waals surface area contributed by atoms with Crippen LogP contribution in [0.1, 0.15) is 25.3 Å². The lowest BCUT2D eigenvalue weighted by Crippen LogP contribution is -2.26. The molecule has 0 radical (unpaired) electrons. The van der Waals surface area contributed by atoms with Gasteiger partial charge in [-0.25, -0.2) is 4.79 Å². The number of rotatable bonds is 7. The second kappa shape index (κ2) is 6.53. The smallest absolute Gasteiger partial charge is 0.346 e. The van der Waals surface area contributed by atoms with Crippen LogP contribution in [0, 0.1) is 10.1 Å². The lowest BCUT2D eigenvalue weighted by Gasteiger charge is -2.16. The van der Waals surface area contributed by atoms with Crippen molar-refractivity contribution in [3.05, 3.63) is 33.9 Å². The molecule has 1 fully saturated rings. The zero-order valence-electron chi connectivity index (χ0n) is 12.0. The molecule has 1 aromatic rings. The molecule has 2 rings (SSSR count). The third kappa shape index (κ3) is 4.16. The molecule has 0 spiro atoms. The summed E-state index contributed by atoms with van der Waals surface area (Å²) in [7, 11) is 1.29. The van der Waals surface area contributed by atoms with Crippen LogP contribution in [0.4, 0.5) is 5.69 Å². The number of methoxy groups -OCH3 is 1. The van der Waals surface area contributed by atoms with Crippen molar-refractivity contribution in [2.45, 2.75) is 38.5 Å². The Bertz CT molecular complexity index is 542. The van der Waals surface area contributed by atoms with E-state index >= 15 is 0 Å². The first-order chi connectivity index (χ1) is 10.0. The van der Waals surface area contributed by atoms with E-state index < -0.39 is 17.0 Å². The monoisotopic (exact) mass is 294 g/mol. The molecule has 1 N–H and O–H groups in total. The molecular weight excluding hydrogens is 276 g/mol. The van der Waals surface area contributed by atoms with E-state index in [0.29, 0.717) is 23.9 Å². The van der Waals surface area contributed by atoms with Gasteiger partial charge in [0, 0.05) is 30.3 Å². The van der Waals surface area contributed by atoms with E-state index in [1.165, 1.54) is 25.3 Å². The number of nitro groups is 1. The minimum absolute atomic E-state index is 0.000619. The lowest BCUT2D eigenvalue weighted by molar-refractivity contribution is -0.384. The summed E-state index contributed by atoms with van der Waals surface area (Å²) in [5.74, 6) is -0.0406. The van der Waals surface area contributed by atoms with Crippen LogP contribution in [0.5, 0.6) is 5.75 Å². The molecule has 1 atom stereocenters. The van der Waals surface area contributed by atoms with E-state index in [1.807, 2.05) is 0 Å². The first kappa shape index (κ1) is 15.2. The maximum absolute atomic E-state index is 11.4. The van der Waals surface area contributed by atoms with Gasteiger partial charge in [0.05, 0.1) is 12.0 Å². The summed E-state index contributed by atoms with van der Waals surface area (Å²) in [5, 5.41) is 14.1. The number of hydrogen-bond acceptors (Lipinski definition) is 6. The number of nitrogens with zero attached hydrogens (tertiary/aromatic N) is 1. The number of ether oxygens (including phenoxy) is 2. The maximum atomic E-state index is 11.4. The second-order valence-corrected chi connectivity index (χ2v) is 4.99. The highest BCUT2D eigenvalue weighted by Gasteiger charge is 2.23. The average molecular weight is 294 g/mol. The molecule has 0 amide bonds. The van der Waals surface area contributed by atoms with Crippen LogP contribution >= 0.6 is 0 Å². The molecule has 0 aliphatic heterocycles. The van der Waals surface area contributed by atoms with Crippen LogP contribution in [0.15, 0.2) is 18.2 Å². The van der Waals surface area contributed by atoms with Gasteiger partial charge in [-0.2, -0.15) is 0 Å². The number of carbonyl (C=O) groups excluding carboxylic acids is 1. The highest BCUT2D eigenvalue weighted by molar-refractivity contribution is 5.74. The van der Waals surface area contributed by atoms with E-state index in [4.69, 9.17) is 4.74 Å². The molecule has 114 valence electrons. The molecule has 0 heterocycles. The molecule has 21 heavy (non-hydrogen) atoms. The Morgan fingerprint density at radius 1 is 1.52 bits per heavy atom. The van der Waals surface area contributed by atoms with Gasteiger partial charge < -0.3 is 14.8 Å². The first-order valence-electron chi connectivity index (χ1n) is 6.76. The van der Waals surface area contributed by atoms with Crippen molar-refractivity contribution in [2.75, 3.05) is 7.11 Å². The van der Waals surface area contributed by atoms with Gasteiger partial charge in [0.1, 0.15) is 5.75 Å². The van der Waals surface area contributed by atoms with Crippen molar-refractivity contribution >= 4 is 11.7 Å². The van der Waals surface area contributed by atoms with Gasteiger partial charge in [0.2, 0.25) is 0 Å².